The summed E-state index contributed by atoms with van der Waals surface area (Å²) in [4.78, 5) is 29.1. The summed E-state index contributed by atoms with van der Waals surface area (Å²) in [5.74, 6) is -0.311. The predicted octanol–water partition coefficient (Wildman–Crippen LogP) is 1.68. The fraction of sp³-hybridized carbons (Fsp3) is 0.375. The zero-order valence-corrected chi connectivity index (χ0v) is 13.8. The number of nitriles is 1. The van der Waals surface area contributed by atoms with Crippen LogP contribution in [0.5, 0.6) is 0 Å². The summed E-state index contributed by atoms with van der Waals surface area (Å²) in [7, 11) is 0. The first-order chi connectivity index (χ1) is 11.6. The van der Waals surface area contributed by atoms with Crippen LogP contribution in [0, 0.1) is 11.3 Å². The number of carbonyl (C=O) groups is 2. The third kappa shape index (κ3) is 4.96. The zero-order valence-electron chi connectivity index (χ0n) is 13.1. The van der Waals surface area contributed by atoms with Crippen LogP contribution in [0.1, 0.15) is 19.3 Å². The molecule has 0 spiro atoms. The summed E-state index contributed by atoms with van der Waals surface area (Å²) < 4.78 is 0. The highest BCUT2D eigenvalue weighted by Gasteiger charge is 2.19. The maximum atomic E-state index is 12.0. The van der Waals surface area contributed by atoms with Gasteiger partial charge in [-0.3, -0.25) is 9.59 Å². The molecular weight excluding hydrogens is 330 g/mol. The number of rotatable bonds is 7. The van der Waals surface area contributed by atoms with Gasteiger partial charge in [-0.2, -0.15) is 5.26 Å². The highest BCUT2D eigenvalue weighted by atomic mass is 35.5. The quantitative estimate of drug-likeness (QED) is 0.338. The average Bonchev–Trinajstić information content (AvgIpc) is 2.99. The predicted molar refractivity (Wildman–Crippen MR) is 90.0 cm³/mol. The Balaban J connectivity index is 1.78. The molecule has 2 heterocycles. The lowest BCUT2D eigenvalue weighted by atomic mass is 10.3. The average molecular weight is 348 g/mol. The van der Waals surface area contributed by atoms with E-state index in [1.165, 1.54) is 6.20 Å². The first kappa shape index (κ1) is 17.8. The van der Waals surface area contributed by atoms with Crippen LogP contribution in [0.4, 0.5) is 5.69 Å². The Morgan fingerprint density at radius 1 is 1.54 bits per heavy atom. The van der Waals surface area contributed by atoms with E-state index in [0.717, 1.165) is 13.0 Å². The van der Waals surface area contributed by atoms with Gasteiger partial charge >= 0.3 is 0 Å². The second-order valence-corrected chi connectivity index (χ2v) is 5.61. The Morgan fingerprint density at radius 3 is 3.04 bits per heavy atom. The molecule has 0 atom stereocenters. The van der Waals surface area contributed by atoms with E-state index in [9.17, 15) is 9.59 Å². The lowest BCUT2D eigenvalue weighted by Gasteiger charge is -2.15. The van der Waals surface area contributed by atoms with E-state index in [1.54, 1.807) is 23.2 Å². The largest absolute Gasteiger partial charge is 0.358 e. The van der Waals surface area contributed by atoms with Crippen molar-refractivity contribution < 1.29 is 9.59 Å². The molecule has 126 valence electrons. The maximum Gasteiger partial charge on any atom is 0.263 e. The van der Waals surface area contributed by atoms with E-state index >= 15 is 0 Å². The summed E-state index contributed by atoms with van der Waals surface area (Å²) in [6.07, 6.45) is 4.99. The van der Waals surface area contributed by atoms with Crippen molar-refractivity contribution in [3.8, 4) is 6.07 Å². The van der Waals surface area contributed by atoms with E-state index in [-0.39, 0.29) is 16.6 Å². The molecule has 0 radical (unpaired) electrons. The van der Waals surface area contributed by atoms with Crippen molar-refractivity contribution in [2.75, 3.05) is 25.0 Å². The summed E-state index contributed by atoms with van der Waals surface area (Å²) >= 11 is 5.89. The maximum absolute atomic E-state index is 12.0. The van der Waals surface area contributed by atoms with Crippen molar-refractivity contribution in [1.29, 1.82) is 5.26 Å². The molecule has 0 aromatic carbocycles. The molecule has 0 unspecified atom stereocenters. The molecule has 1 fully saturated rings. The molecule has 1 aromatic heterocycles. The Bertz CT molecular complexity index is 683. The van der Waals surface area contributed by atoms with E-state index in [1.807, 2.05) is 6.07 Å². The van der Waals surface area contributed by atoms with Crippen LogP contribution in [0.3, 0.4) is 0 Å². The van der Waals surface area contributed by atoms with Crippen molar-refractivity contribution in [3.05, 3.63) is 35.3 Å². The number of hydrogen-bond acceptors (Lipinski definition) is 5. The number of amides is 2. The van der Waals surface area contributed by atoms with Crippen molar-refractivity contribution in [3.63, 3.8) is 0 Å². The number of aromatic nitrogens is 1. The third-order valence-electron chi connectivity index (χ3n) is 3.56. The van der Waals surface area contributed by atoms with Gasteiger partial charge in [0.1, 0.15) is 11.6 Å². The zero-order chi connectivity index (χ0) is 17.4. The number of nitrogens with one attached hydrogen (secondary N) is 2. The van der Waals surface area contributed by atoms with E-state index < -0.39 is 5.91 Å². The van der Waals surface area contributed by atoms with Crippen LogP contribution < -0.4 is 10.6 Å². The topological polar surface area (TPSA) is 98.1 Å². The molecule has 0 bridgehead atoms. The van der Waals surface area contributed by atoms with Gasteiger partial charge < -0.3 is 15.5 Å². The van der Waals surface area contributed by atoms with Gasteiger partial charge in [-0.1, -0.05) is 11.6 Å². The number of pyridine rings is 1. The molecule has 2 amide bonds. The van der Waals surface area contributed by atoms with E-state index in [2.05, 4.69) is 15.6 Å². The van der Waals surface area contributed by atoms with Crippen LogP contribution in [-0.2, 0) is 9.59 Å². The minimum Gasteiger partial charge on any atom is -0.358 e. The Kier molecular flexibility index (Phi) is 6.58. The second kappa shape index (κ2) is 8.89. The standard InChI is InChI=1S/C16H18ClN5O2/c17-15-13(4-1-6-19-15)21-11-12(10-18)16(24)20-7-3-9-22-8-2-5-14(22)23/h1,4,6,11,21H,2-3,5,7-9H2,(H,20,24)/b12-11-. The highest BCUT2D eigenvalue weighted by Crippen LogP contribution is 2.17. The van der Waals surface area contributed by atoms with Crippen LogP contribution in [0.25, 0.3) is 0 Å². The normalized spacial score (nSPS) is 14.4. The summed E-state index contributed by atoms with van der Waals surface area (Å²) in [6, 6.07) is 5.21. The SMILES string of the molecule is N#C/C(=C/Nc1cccnc1Cl)C(=O)NCCCN1CCCC1=O. The molecule has 2 rings (SSSR count). The monoisotopic (exact) mass is 347 g/mol. The molecule has 2 N–H and O–H groups in total. The summed E-state index contributed by atoms with van der Waals surface area (Å²) in [5.41, 5.74) is 0.444. The van der Waals surface area contributed by atoms with Gasteiger partial charge in [-0.25, -0.2) is 4.98 Å². The molecule has 24 heavy (non-hydrogen) atoms. The van der Waals surface area contributed by atoms with Crippen LogP contribution in [-0.4, -0.2) is 41.3 Å². The minimum atomic E-state index is -0.474. The van der Waals surface area contributed by atoms with Gasteiger partial charge in [-0.05, 0) is 25.0 Å². The Labute approximate surface area is 145 Å². The molecule has 0 saturated carbocycles. The van der Waals surface area contributed by atoms with Gasteiger partial charge in [-0.15, -0.1) is 0 Å². The smallest absolute Gasteiger partial charge is 0.263 e. The van der Waals surface area contributed by atoms with Crippen molar-refractivity contribution in [2.24, 2.45) is 0 Å². The van der Waals surface area contributed by atoms with Crippen LogP contribution in [0.15, 0.2) is 30.1 Å². The lowest BCUT2D eigenvalue weighted by Crippen LogP contribution is -2.31. The van der Waals surface area contributed by atoms with Crippen molar-refractivity contribution in [2.45, 2.75) is 19.3 Å². The number of nitrogens with zero attached hydrogens (tertiary/aromatic N) is 3. The van der Waals surface area contributed by atoms with Gasteiger partial charge in [0.05, 0.1) is 5.69 Å². The minimum absolute atomic E-state index is 0.0628. The number of anilines is 1. The highest BCUT2D eigenvalue weighted by molar-refractivity contribution is 6.32. The van der Waals surface area contributed by atoms with Crippen molar-refractivity contribution in [1.82, 2.24) is 15.2 Å². The van der Waals surface area contributed by atoms with E-state index in [0.29, 0.717) is 31.6 Å². The van der Waals surface area contributed by atoms with Gasteiger partial charge in [0.25, 0.3) is 5.91 Å². The van der Waals surface area contributed by atoms with Gasteiger partial charge in [0.2, 0.25) is 5.91 Å². The molecule has 0 aliphatic carbocycles. The molecule has 8 heteroatoms. The second-order valence-electron chi connectivity index (χ2n) is 5.25. The van der Waals surface area contributed by atoms with Gasteiger partial charge in [0, 0.05) is 38.5 Å². The number of carbonyl (C=O) groups excluding carboxylic acids is 2. The Morgan fingerprint density at radius 2 is 2.38 bits per heavy atom. The van der Waals surface area contributed by atoms with Crippen molar-refractivity contribution >= 4 is 29.1 Å². The molecule has 1 aliphatic heterocycles. The molecular formula is C16H18ClN5O2. The third-order valence-corrected chi connectivity index (χ3v) is 3.86. The van der Waals surface area contributed by atoms with Crippen LogP contribution in [0.2, 0.25) is 5.15 Å². The van der Waals surface area contributed by atoms with Gasteiger partial charge in [0.15, 0.2) is 5.15 Å². The fourth-order valence-corrected chi connectivity index (χ4v) is 2.47. The lowest BCUT2D eigenvalue weighted by molar-refractivity contribution is -0.127. The first-order valence-electron chi connectivity index (χ1n) is 7.65. The molecule has 1 aromatic rings. The summed E-state index contributed by atoms with van der Waals surface area (Å²) in [6.45, 7) is 1.80. The fourth-order valence-electron chi connectivity index (χ4n) is 2.30. The van der Waals surface area contributed by atoms with E-state index in [4.69, 9.17) is 16.9 Å². The number of likely N-dealkylation sites (tertiary alicyclic amines) is 1. The number of hydrogen-bond donors (Lipinski definition) is 2. The summed E-state index contributed by atoms with van der Waals surface area (Å²) in [5, 5.41) is 14.8. The Hall–Kier alpha value is -2.59. The molecule has 7 nitrogen and oxygen atoms in total. The number of halogens is 1. The first-order valence-corrected chi connectivity index (χ1v) is 8.03. The molecule has 1 saturated heterocycles. The van der Waals surface area contributed by atoms with Crippen LogP contribution >= 0.6 is 11.6 Å². The molecule has 1 aliphatic rings.